The Labute approximate surface area is 97.1 Å². The predicted molar refractivity (Wildman–Crippen MR) is 61.2 cm³/mol. The Morgan fingerprint density at radius 2 is 2.25 bits per heavy atom. The van der Waals surface area contributed by atoms with E-state index in [1.54, 1.807) is 16.0 Å². The highest BCUT2D eigenvalue weighted by atomic mass is 32.1. The molecule has 2 aromatic rings. The van der Waals surface area contributed by atoms with Crippen molar-refractivity contribution in [3.63, 3.8) is 0 Å². The fraction of sp³-hybridized carbons (Fsp3) is 0.500. The molecule has 0 spiro atoms. The molecule has 0 aliphatic heterocycles. The van der Waals surface area contributed by atoms with E-state index in [1.807, 2.05) is 20.0 Å². The smallest absolute Gasteiger partial charge is 0.124 e. The molecule has 4 nitrogen and oxygen atoms in total. The summed E-state index contributed by atoms with van der Waals surface area (Å²) in [4.78, 5) is 5.39. The van der Waals surface area contributed by atoms with Gasteiger partial charge in [-0.1, -0.05) is 5.21 Å². The molecule has 0 aromatic carbocycles. The Morgan fingerprint density at radius 3 is 2.88 bits per heavy atom. The first-order chi connectivity index (χ1) is 7.70. The van der Waals surface area contributed by atoms with Gasteiger partial charge in [0.25, 0.3) is 0 Å². The Bertz CT molecular complexity index is 477. The predicted octanol–water partition coefficient (Wildman–Crippen LogP) is 2.38. The van der Waals surface area contributed by atoms with E-state index < -0.39 is 0 Å². The van der Waals surface area contributed by atoms with E-state index in [9.17, 15) is 4.39 Å². The van der Waals surface area contributed by atoms with Crippen LogP contribution < -0.4 is 0 Å². The molecule has 0 amide bonds. The van der Waals surface area contributed by atoms with E-state index in [-0.39, 0.29) is 6.67 Å². The van der Waals surface area contributed by atoms with Crippen molar-refractivity contribution in [1.29, 1.82) is 0 Å². The Balaban J connectivity index is 2.21. The maximum absolute atomic E-state index is 12.0. The topological polar surface area (TPSA) is 43.6 Å². The van der Waals surface area contributed by atoms with Gasteiger partial charge in [-0.15, -0.1) is 16.4 Å². The highest BCUT2D eigenvalue weighted by Crippen LogP contribution is 2.27. The minimum atomic E-state index is -0.326. The molecule has 0 aliphatic carbocycles. The lowest BCUT2D eigenvalue weighted by Crippen LogP contribution is -1.99. The van der Waals surface area contributed by atoms with E-state index in [1.165, 1.54) is 0 Å². The SMILES string of the molecule is Cc1nc(C)c(-c2cn(CCCF)nn2)s1. The number of nitrogens with zero attached hydrogens (tertiary/aromatic N) is 4. The number of rotatable bonds is 4. The first-order valence-corrected chi connectivity index (χ1v) is 5.93. The Kier molecular flexibility index (Phi) is 3.28. The third-order valence-corrected chi connectivity index (χ3v) is 3.29. The summed E-state index contributed by atoms with van der Waals surface area (Å²) in [6, 6.07) is 0. The molecular formula is C10H13FN4S. The van der Waals surface area contributed by atoms with Crippen LogP contribution in [0.15, 0.2) is 6.20 Å². The summed E-state index contributed by atoms with van der Waals surface area (Å²) in [5.41, 5.74) is 1.79. The molecule has 0 saturated carbocycles. The van der Waals surface area contributed by atoms with Crippen LogP contribution >= 0.6 is 11.3 Å². The van der Waals surface area contributed by atoms with Gasteiger partial charge in [0.05, 0.1) is 28.5 Å². The second-order valence-corrected chi connectivity index (χ2v) is 4.76. The second kappa shape index (κ2) is 4.69. The van der Waals surface area contributed by atoms with E-state index in [2.05, 4.69) is 15.3 Å². The minimum Gasteiger partial charge on any atom is -0.252 e. The van der Waals surface area contributed by atoms with E-state index in [4.69, 9.17) is 0 Å². The first kappa shape index (κ1) is 11.2. The van der Waals surface area contributed by atoms with Crippen molar-refractivity contribution in [2.75, 3.05) is 6.67 Å². The molecule has 2 heterocycles. The lowest BCUT2D eigenvalue weighted by atomic mass is 10.3. The van der Waals surface area contributed by atoms with Gasteiger partial charge in [-0.05, 0) is 20.3 Å². The number of halogens is 1. The van der Waals surface area contributed by atoms with Gasteiger partial charge >= 0.3 is 0 Å². The van der Waals surface area contributed by atoms with Crippen molar-refractivity contribution in [3.8, 4) is 10.6 Å². The van der Waals surface area contributed by atoms with Crippen molar-refractivity contribution in [1.82, 2.24) is 20.0 Å². The van der Waals surface area contributed by atoms with E-state index >= 15 is 0 Å². The van der Waals surface area contributed by atoms with E-state index in [0.717, 1.165) is 21.3 Å². The molecular weight excluding hydrogens is 227 g/mol. The number of aryl methyl sites for hydroxylation is 3. The highest BCUT2D eigenvalue weighted by Gasteiger charge is 2.11. The second-order valence-electron chi connectivity index (χ2n) is 3.56. The lowest BCUT2D eigenvalue weighted by Gasteiger charge is -1.94. The average Bonchev–Trinajstić information content (AvgIpc) is 2.82. The molecule has 0 saturated heterocycles. The summed E-state index contributed by atoms with van der Waals surface area (Å²) in [6.07, 6.45) is 2.32. The molecule has 0 atom stereocenters. The van der Waals surface area contributed by atoms with Crippen LogP contribution in [-0.2, 0) is 6.54 Å². The summed E-state index contributed by atoms with van der Waals surface area (Å²) in [7, 11) is 0. The molecule has 0 unspecified atom stereocenters. The zero-order valence-corrected chi connectivity index (χ0v) is 10.1. The van der Waals surface area contributed by atoms with Gasteiger partial charge < -0.3 is 0 Å². The summed E-state index contributed by atoms with van der Waals surface area (Å²) in [5, 5.41) is 9.05. The quantitative estimate of drug-likeness (QED) is 0.824. The summed E-state index contributed by atoms with van der Waals surface area (Å²) in [6.45, 7) is 4.17. The largest absolute Gasteiger partial charge is 0.252 e. The maximum Gasteiger partial charge on any atom is 0.124 e. The van der Waals surface area contributed by atoms with Crippen LogP contribution in [0.4, 0.5) is 4.39 Å². The first-order valence-electron chi connectivity index (χ1n) is 5.11. The van der Waals surface area contributed by atoms with Crippen LogP contribution in [0.2, 0.25) is 0 Å². The zero-order valence-electron chi connectivity index (χ0n) is 9.27. The van der Waals surface area contributed by atoms with Crippen molar-refractivity contribution in [3.05, 3.63) is 16.9 Å². The Morgan fingerprint density at radius 1 is 1.44 bits per heavy atom. The molecule has 0 N–H and O–H groups in total. The van der Waals surface area contributed by atoms with Crippen molar-refractivity contribution < 1.29 is 4.39 Å². The summed E-state index contributed by atoms with van der Waals surface area (Å²) < 4.78 is 13.7. The average molecular weight is 240 g/mol. The van der Waals surface area contributed by atoms with Crippen molar-refractivity contribution in [2.45, 2.75) is 26.8 Å². The van der Waals surface area contributed by atoms with Gasteiger partial charge in [0.15, 0.2) is 0 Å². The fourth-order valence-corrected chi connectivity index (χ4v) is 2.37. The number of thiazole rings is 1. The fourth-order valence-electron chi connectivity index (χ4n) is 1.50. The maximum atomic E-state index is 12.0. The molecule has 0 aliphatic rings. The molecule has 2 rings (SSSR count). The normalized spacial score (nSPS) is 10.9. The summed E-state index contributed by atoms with van der Waals surface area (Å²) in [5.74, 6) is 0. The minimum absolute atomic E-state index is 0.326. The van der Waals surface area contributed by atoms with Gasteiger partial charge in [-0.25, -0.2) is 4.98 Å². The number of aromatic nitrogens is 4. The third-order valence-electron chi connectivity index (χ3n) is 2.20. The van der Waals surface area contributed by atoms with Crippen LogP contribution in [0.25, 0.3) is 10.6 Å². The highest BCUT2D eigenvalue weighted by molar-refractivity contribution is 7.15. The monoisotopic (exact) mass is 240 g/mol. The van der Waals surface area contributed by atoms with Crippen LogP contribution in [0.1, 0.15) is 17.1 Å². The van der Waals surface area contributed by atoms with Gasteiger partial charge in [0.1, 0.15) is 5.69 Å². The molecule has 86 valence electrons. The number of hydrogen-bond donors (Lipinski definition) is 0. The lowest BCUT2D eigenvalue weighted by molar-refractivity contribution is 0.431. The van der Waals surface area contributed by atoms with Crippen LogP contribution in [0, 0.1) is 13.8 Å². The molecule has 0 bridgehead atoms. The van der Waals surface area contributed by atoms with Gasteiger partial charge in [-0.2, -0.15) is 0 Å². The van der Waals surface area contributed by atoms with Gasteiger partial charge in [0.2, 0.25) is 0 Å². The van der Waals surface area contributed by atoms with Crippen molar-refractivity contribution >= 4 is 11.3 Å². The van der Waals surface area contributed by atoms with E-state index in [0.29, 0.717) is 13.0 Å². The zero-order chi connectivity index (χ0) is 11.5. The molecule has 0 fully saturated rings. The Hall–Kier alpha value is -1.30. The molecule has 16 heavy (non-hydrogen) atoms. The third kappa shape index (κ3) is 2.27. The molecule has 0 radical (unpaired) electrons. The summed E-state index contributed by atoms with van der Waals surface area (Å²) >= 11 is 1.60. The van der Waals surface area contributed by atoms with Crippen LogP contribution in [-0.4, -0.2) is 26.7 Å². The molecule has 2 aromatic heterocycles. The van der Waals surface area contributed by atoms with Crippen LogP contribution in [0.3, 0.4) is 0 Å². The number of hydrogen-bond acceptors (Lipinski definition) is 4. The van der Waals surface area contributed by atoms with Gasteiger partial charge in [-0.3, -0.25) is 9.07 Å². The van der Waals surface area contributed by atoms with Gasteiger partial charge in [0, 0.05) is 6.54 Å². The molecule has 6 heteroatoms. The standard InChI is InChI=1S/C10H13FN4S/c1-7-10(16-8(2)12-7)9-6-15(14-13-9)5-3-4-11/h6H,3-5H2,1-2H3. The van der Waals surface area contributed by atoms with Crippen molar-refractivity contribution in [2.24, 2.45) is 0 Å². The number of alkyl halides is 1. The van der Waals surface area contributed by atoms with Crippen LogP contribution in [0.5, 0.6) is 0 Å².